The van der Waals surface area contributed by atoms with E-state index in [9.17, 15) is 31.1 Å². The molecule has 0 spiro atoms. The molecule has 0 aliphatic heterocycles. The normalized spacial score (nSPS) is 12.3. The van der Waals surface area contributed by atoms with Gasteiger partial charge in [-0.25, -0.2) is 4.79 Å². The van der Waals surface area contributed by atoms with Gasteiger partial charge in [0.15, 0.2) is 0 Å². The number of halogens is 6. The molecule has 0 bridgehead atoms. The highest BCUT2D eigenvalue weighted by atomic mass is 19.4. The van der Waals surface area contributed by atoms with Crippen molar-refractivity contribution in [2.24, 2.45) is 5.92 Å². The number of anilines is 2. The number of hydrogen-bond acceptors (Lipinski definition) is 9. The van der Waals surface area contributed by atoms with E-state index in [1.165, 1.54) is 24.3 Å². The fourth-order valence-electron chi connectivity index (χ4n) is 6.35. The van der Waals surface area contributed by atoms with Gasteiger partial charge >= 0.3 is 18.3 Å². The molecule has 4 N–H and O–H groups in total. The Bertz CT molecular complexity index is 2230. The first-order valence-corrected chi connectivity index (χ1v) is 21.0. The molecule has 0 amide bonds. The number of nitrogen functional groups attached to an aromatic ring is 2. The zero-order valence-corrected chi connectivity index (χ0v) is 35.6. The largest absolute Gasteiger partial charge is 0.501 e. The molecule has 0 saturated heterocycles. The molecule has 5 aromatic rings. The topological polar surface area (TPSA) is 124 Å². The van der Waals surface area contributed by atoms with Crippen LogP contribution in [0.5, 0.6) is 23.0 Å². The summed E-state index contributed by atoms with van der Waals surface area (Å²) >= 11 is 0. The summed E-state index contributed by atoms with van der Waals surface area (Å²) in [6.45, 7) is 1.14. The minimum Gasteiger partial charge on any atom is -0.501 e. The van der Waals surface area contributed by atoms with Crippen LogP contribution in [0.4, 0.5) is 37.7 Å². The average molecular weight is 907 g/mol. The van der Waals surface area contributed by atoms with Crippen LogP contribution in [0.3, 0.4) is 0 Å². The molecular formula is C50H52F6N2O7. The first-order chi connectivity index (χ1) is 31.2. The van der Waals surface area contributed by atoms with Crippen LogP contribution in [0, 0.1) is 5.92 Å². The summed E-state index contributed by atoms with van der Waals surface area (Å²) in [6, 6.07) is 33.0. The second kappa shape index (κ2) is 24.9. The van der Waals surface area contributed by atoms with E-state index in [-0.39, 0.29) is 37.5 Å². The first kappa shape index (κ1) is 49.2. The number of alkyl halides is 6. The summed E-state index contributed by atoms with van der Waals surface area (Å²) in [6.07, 6.45) is -1.34. The van der Waals surface area contributed by atoms with E-state index in [4.69, 9.17) is 39.9 Å². The Labute approximate surface area is 374 Å². The predicted octanol–water partition coefficient (Wildman–Crippen LogP) is 12.4. The van der Waals surface area contributed by atoms with Crippen LogP contribution in [0.25, 0.3) is 12.2 Å². The van der Waals surface area contributed by atoms with Gasteiger partial charge in [0, 0.05) is 24.2 Å². The maximum atomic E-state index is 12.6. The third-order valence-electron chi connectivity index (χ3n) is 9.70. The summed E-state index contributed by atoms with van der Waals surface area (Å²) in [5.74, 6) is 1.48. The Morgan fingerprint density at radius 3 is 1.48 bits per heavy atom. The summed E-state index contributed by atoms with van der Waals surface area (Å²) in [5, 5.41) is 0. The quantitative estimate of drug-likeness (QED) is 0.0147. The van der Waals surface area contributed by atoms with E-state index >= 15 is 0 Å². The molecule has 346 valence electrons. The van der Waals surface area contributed by atoms with Crippen molar-refractivity contribution in [2.75, 3.05) is 37.9 Å². The molecule has 0 heterocycles. The van der Waals surface area contributed by atoms with E-state index in [1.807, 2.05) is 54.6 Å². The minimum atomic E-state index is -4.23. The summed E-state index contributed by atoms with van der Waals surface area (Å²) in [4.78, 5) is 12.6. The smallest absolute Gasteiger partial charge is 0.389 e. The van der Waals surface area contributed by atoms with Gasteiger partial charge in [0.25, 0.3) is 0 Å². The molecule has 1 atom stereocenters. The first-order valence-electron chi connectivity index (χ1n) is 21.0. The zero-order chi connectivity index (χ0) is 46.5. The van der Waals surface area contributed by atoms with Crippen molar-refractivity contribution in [2.45, 2.75) is 63.9 Å². The lowest BCUT2D eigenvalue weighted by Gasteiger charge is -2.17. The number of carbonyl (C=O) groups excluding carboxylic acids is 1. The number of nitrogens with two attached hydrogens (primary N) is 2. The van der Waals surface area contributed by atoms with E-state index in [0.29, 0.717) is 54.2 Å². The Balaban J connectivity index is 1.02. The maximum Gasteiger partial charge on any atom is 0.389 e. The number of hydrogen-bond donors (Lipinski definition) is 2. The maximum absolute atomic E-state index is 12.6. The van der Waals surface area contributed by atoms with Crippen LogP contribution in [-0.4, -0.2) is 44.7 Å². The molecular weight excluding hydrogens is 855 g/mol. The van der Waals surface area contributed by atoms with Crippen molar-refractivity contribution >= 4 is 29.5 Å². The van der Waals surface area contributed by atoms with E-state index in [0.717, 1.165) is 41.5 Å². The Kier molecular flexibility index (Phi) is 18.9. The number of carbonyl (C=O) groups is 1. The molecule has 1 unspecified atom stereocenters. The van der Waals surface area contributed by atoms with Gasteiger partial charge in [0.05, 0.1) is 44.5 Å². The number of benzene rings is 5. The van der Waals surface area contributed by atoms with Crippen LogP contribution in [0.2, 0.25) is 0 Å². The summed E-state index contributed by atoms with van der Waals surface area (Å²) in [5.41, 5.74) is 17.2. The molecule has 0 aromatic heterocycles. The van der Waals surface area contributed by atoms with Gasteiger partial charge in [-0.1, -0.05) is 36.4 Å². The zero-order valence-electron chi connectivity index (χ0n) is 35.6. The molecule has 15 heteroatoms. The molecule has 0 radical (unpaired) electrons. The molecule has 0 aliphatic rings. The number of esters is 1. The third kappa shape index (κ3) is 19.7. The molecule has 9 nitrogen and oxygen atoms in total. The molecule has 0 saturated carbocycles. The fraction of sp³-hybridized carbons (Fsp3) is 0.300. The van der Waals surface area contributed by atoms with Crippen LogP contribution >= 0.6 is 0 Å². The monoisotopic (exact) mass is 906 g/mol. The van der Waals surface area contributed by atoms with E-state index < -0.39 is 31.2 Å². The highest BCUT2D eigenvalue weighted by Crippen LogP contribution is 2.25. The molecule has 5 rings (SSSR count). The Morgan fingerprint density at radius 1 is 0.538 bits per heavy atom. The van der Waals surface area contributed by atoms with Crippen molar-refractivity contribution in [3.8, 4) is 23.0 Å². The third-order valence-corrected chi connectivity index (χ3v) is 9.70. The molecule has 5 aromatic carbocycles. The van der Waals surface area contributed by atoms with Crippen molar-refractivity contribution in [1.82, 2.24) is 0 Å². The fourth-order valence-corrected chi connectivity index (χ4v) is 6.35. The van der Waals surface area contributed by atoms with E-state index in [2.05, 4.69) is 0 Å². The predicted molar refractivity (Wildman–Crippen MR) is 238 cm³/mol. The minimum absolute atomic E-state index is 0.00611. The van der Waals surface area contributed by atoms with Crippen molar-refractivity contribution in [3.63, 3.8) is 0 Å². The van der Waals surface area contributed by atoms with Gasteiger partial charge in [-0.3, -0.25) is 0 Å². The Hall–Kier alpha value is -6.77. The average Bonchev–Trinajstić information content (AvgIpc) is 3.26. The Morgan fingerprint density at radius 2 is 0.985 bits per heavy atom. The van der Waals surface area contributed by atoms with Gasteiger partial charge in [-0.2, -0.15) is 26.3 Å². The van der Waals surface area contributed by atoms with Gasteiger partial charge < -0.3 is 39.9 Å². The van der Waals surface area contributed by atoms with Crippen molar-refractivity contribution < 1.29 is 59.6 Å². The van der Waals surface area contributed by atoms with Gasteiger partial charge in [0.2, 0.25) is 0 Å². The van der Waals surface area contributed by atoms with Gasteiger partial charge in [-0.05, 0) is 151 Å². The van der Waals surface area contributed by atoms with E-state index in [1.54, 1.807) is 61.1 Å². The van der Waals surface area contributed by atoms with Crippen LogP contribution < -0.4 is 30.4 Å². The van der Waals surface area contributed by atoms with Gasteiger partial charge in [-0.15, -0.1) is 0 Å². The van der Waals surface area contributed by atoms with Crippen molar-refractivity contribution in [3.05, 3.63) is 156 Å². The molecule has 0 aliphatic carbocycles. The van der Waals surface area contributed by atoms with Crippen LogP contribution in [-0.2, 0) is 22.5 Å². The summed E-state index contributed by atoms with van der Waals surface area (Å²) in [7, 11) is 0. The van der Waals surface area contributed by atoms with Crippen LogP contribution in [0.15, 0.2) is 128 Å². The van der Waals surface area contributed by atoms with Gasteiger partial charge in [0.1, 0.15) is 29.6 Å². The lowest BCUT2D eigenvalue weighted by atomic mass is 9.93. The second-order valence-electron chi connectivity index (χ2n) is 15.1. The highest BCUT2D eigenvalue weighted by molar-refractivity contribution is 5.91. The number of rotatable bonds is 25. The summed E-state index contributed by atoms with van der Waals surface area (Å²) < 4.78 is 108. The van der Waals surface area contributed by atoms with Crippen molar-refractivity contribution in [1.29, 1.82) is 0 Å². The number of ether oxygens (including phenoxy) is 6. The molecule has 0 fully saturated rings. The van der Waals surface area contributed by atoms with Crippen LogP contribution in [0.1, 0.15) is 71.1 Å². The lowest BCUT2D eigenvalue weighted by Crippen LogP contribution is -2.11. The molecule has 65 heavy (non-hydrogen) atoms. The lowest BCUT2D eigenvalue weighted by molar-refractivity contribution is -0.137. The highest BCUT2D eigenvalue weighted by Gasteiger charge is 2.27. The second-order valence-corrected chi connectivity index (χ2v) is 15.1. The standard InChI is InChI=1S/C50H52F6N2O7/c51-49(52,53)23-1-25-62-44-13-7-39(8-14-44)35-64-46-11-3-36(4-12-46)19-27-60-29-21-38(31-40-32-42(57)34-43(58)33-40)22-30-61-28-20-37-5-15-47(16-6-37)65-48(59)41-9-17-45(18-10-41)63-26-2-24-50(54,55)56/h3-20,27-28,32-34,38H,1-2,21-26,29-31,35,57-58H2. The SMILES string of the molecule is Nc1cc(N)cc(CC(CCOC=Cc2ccc(OCc3ccc(OCCCC(F)(F)F)cc3)cc2)CCOC=Cc2ccc(OC(=O)c3ccc(OCCCC(F)(F)F)cc3)cc2)c1.